The summed E-state index contributed by atoms with van der Waals surface area (Å²) in [5, 5.41) is 12.7. The van der Waals surface area contributed by atoms with E-state index in [2.05, 4.69) is 5.32 Å². The number of hydrogen-bond donors (Lipinski definition) is 2. The summed E-state index contributed by atoms with van der Waals surface area (Å²) >= 11 is 0. The lowest BCUT2D eigenvalue weighted by Crippen LogP contribution is -2.40. The van der Waals surface area contributed by atoms with Gasteiger partial charge in [-0.15, -0.1) is 0 Å². The lowest BCUT2D eigenvalue weighted by atomic mass is 10.0. The largest absolute Gasteiger partial charge is 0.497 e. The van der Waals surface area contributed by atoms with E-state index in [0.29, 0.717) is 13.0 Å². The summed E-state index contributed by atoms with van der Waals surface area (Å²) in [4.78, 5) is 11.7. The highest BCUT2D eigenvalue weighted by Gasteiger charge is 2.20. The third-order valence-electron chi connectivity index (χ3n) is 3.01. The first-order chi connectivity index (χ1) is 9.96. The molecule has 0 spiro atoms. The van der Waals surface area contributed by atoms with Crippen LogP contribution < -0.4 is 10.1 Å². The van der Waals surface area contributed by atoms with Gasteiger partial charge in [-0.1, -0.05) is 12.1 Å². The van der Waals surface area contributed by atoms with Crippen LogP contribution in [0.2, 0.25) is 0 Å². The zero-order valence-corrected chi connectivity index (χ0v) is 12.8. The van der Waals surface area contributed by atoms with Crippen molar-refractivity contribution in [1.82, 2.24) is 5.32 Å². The third kappa shape index (κ3) is 6.92. The summed E-state index contributed by atoms with van der Waals surface area (Å²) in [5.41, 5.74) is -0.106. The second kappa shape index (κ2) is 8.44. The predicted molar refractivity (Wildman–Crippen MR) is 82.2 cm³/mol. The highest BCUT2D eigenvalue weighted by atomic mass is 16.5. The highest BCUT2D eigenvalue weighted by molar-refractivity contribution is 5.91. The van der Waals surface area contributed by atoms with Crippen LogP contribution in [-0.2, 0) is 9.53 Å². The smallest absolute Gasteiger partial charge is 0.244 e. The molecule has 5 heteroatoms. The molecule has 1 aromatic carbocycles. The number of aliphatic hydroxyl groups is 1. The molecule has 0 aliphatic heterocycles. The lowest BCUT2D eigenvalue weighted by molar-refractivity contribution is -0.117. The van der Waals surface area contributed by atoms with E-state index >= 15 is 0 Å². The molecule has 2 N–H and O–H groups in total. The number of carbonyl (C=O) groups excluding carboxylic acids is 1. The summed E-state index contributed by atoms with van der Waals surface area (Å²) in [7, 11) is 3.17. The number of methoxy groups -OCH3 is 2. The zero-order chi connectivity index (χ0) is 15.7. The average Bonchev–Trinajstić information content (AvgIpc) is 2.49. The summed E-state index contributed by atoms with van der Waals surface area (Å²) in [6.07, 6.45) is 3.59. The van der Waals surface area contributed by atoms with Crippen LogP contribution in [0.5, 0.6) is 5.75 Å². The zero-order valence-electron chi connectivity index (χ0n) is 12.8. The molecule has 1 unspecified atom stereocenters. The SMILES string of the molecule is COCCC(C)(O)CNC(=O)/C=C/c1cccc(OC)c1. The van der Waals surface area contributed by atoms with Crippen molar-refractivity contribution < 1.29 is 19.4 Å². The summed E-state index contributed by atoms with van der Waals surface area (Å²) in [6.45, 7) is 2.29. The van der Waals surface area contributed by atoms with Gasteiger partial charge in [0.1, 0.15) is 5.75 Å². The maximum Gasteiger partial charge on any atom is 0.244 e. The minimum Gasteiger partial charge on any atom is -0.497 e. The standard InChI is InChI=1S/C16H23NO4/c1-16(19,9-10-20-2)12-17-15(18)8-7-13-5-4-6-14(11-13)21-3/h4-8,11,19H,9-10,12H2,1-3H3,(H,17,18)/b8-7+. The number of nitrogens with one attached hydrogen (secondary N) is 1. The van der Waals surface area contributed by atoms with Crippen LogP contribution in [0.25, 0.3) is 6.08 Å². The van der Waals surface area contributed by atoms with Crippen LogP contribution in [0.1, 0.15) is 18.9 Å². The molecule has 0 aliphatic rings. The van der Waals surface area contributed by atoms with Crippen molar-refractivity contribution in [1.29, 1.82) is 0 Å². The fourth-order valence-corrected chi connectivity index (χ4v) is 1.66. The molecule has 0 fully saturated rings. The van der Waals surface area contributed by atoms with Gasteiger partial charge in [0.05, 0.1) is 12.7 Å². The van der Waals surface area contributed by atoms with Crippen molar-refractivity contribution >= 4 is 12.0 Å². The second-order valence-electron chi connectivity index (χ2n) is 5.07. The fraction of sp³-hybridized carbons (Fsp3) is 0.438. The lowest BCUT2D eigenvalue weighted by Gasteiger charge is -2.22. The summed E-state index contributed by atoms with van der Waals surface area (Å²) in [5.74, 6) is 0.482. The molecule has 21 heavy (non-hydrogen) atoms. The molecule has 0 bridgehead atoms. The van der Waals surface area contributed by atoms with E-state index in [4.69, 9.17) is 9.47 Å². The van der Waals surface area contributed by atoms with Crippen molar-refractivity contribution in [3.05, 3.63) is 35.9 Å². The topological polar surface area (TPSA) is 67.8 Å². The van der Waals surface area contributed by atoms with Gasteiger partial charge in [-0.3, -0.25) is 4.79 Å². The Balaban J connectivity index is 2.47. The van der Waals surface area contributed by atoms with E-state index in [-0.39, 0.29) is 12.5 Å². The minimum atomic E-state index is -0.977. The van der Waals surface area contributed by atoms with E-state index in [1.54, 1.807) is 27.2 Å². The van der Waals surface area contributed by atoms with Gasteiger partial charge in [0.2, 0.25) is 5.91 Å². The van der Waals surface area contributed by atoms with Gasteiger partial charge >= 0.3 is 0 Å². The molecule has 0 radical (unpaired) electrons. The van der Waals surface area contributed by atoms with Gasteiger partial charge in [-0.05, 0) is 30.7 Å². The molecule has 116 valence electrons. The van der Waals surface area contributed by atoms with Crippen LogP contribution in [-0.4, -0.2) is 44.0 Å². The Morgan fingerprint density at radius 1 is 1.43 bits per heavy atom. The molecule has 0 aromatic heterocycles. The number of ether oxygens (including phenoxy) is 2. The molecule has 1 aromatic rings. The number of amides is 1. The Bertz CT molecular complexity index is 483. The van der Waals surface area contributed by atoms with Gasteiger partial charge in [0, 0.05) is 32.8 Å². The maximum atomic E-state index is 11.7. The van der Waals surface area contributed by atoms with Crippen LogP contribution in [0.3, 0.4) is 0 Å². The van der Waals surface area contributed by atoms with Crippen molar-refractivity contribution in [2.45, 2.75) is 18.9 Å². The quantitative estimate of drug-likeness (QED) is 0.715. The van der Waals surface area contributed by atoms with Crippen LogP contribution in [0.15, 0.2) is 30.3 Å². The third-order valence-corrected chi connectivity index (χ3v) is 3.01. The second-order valence-corrected chi connectivity index (χ2v) is 5.07. The van der Waals surface area contributed by atoms with Crippen LogP contribution in [0, 0.1) is 0 Å². The van der Waals surface area contributed by atoms with E-state index < -0.39 is 5.60 Å². The van der Waals surface area contributed by atoms with E-state index in [9.17, 15) is 9.90 Å². The average molecular weight is 293 g/mol. The van der Waals surface area contributed by atoms with Gasteiger partial charge < -0.3 is 19.9 Å². The molecule has 1 atom stereocenters. The van der Waals surface area contributed by atoms with Crippen molar-refractivity contribution in [3.8, 4) is 5.75 Å². The van der Waals surface area contributed by atoms with Gasteiger partial charge in [0.25, 0.3) is 0 Å². The Morgan fingerprint density at radius 3 is 2.86 bits per heavy atom. The molecule has 1 amide bonds. The van der Waals surface area contributed by atoms with Crippen molar-refractivity contribution in [3.63, 3.8) is 0 Å². The van der Waals surface area contributed by atoms with Crippen molar-refractivity contribution in [2.75, 3.05) is 27.4 Å². The van der Waals surface area contributed by atoms with Crippen LogP contribution in [0.4, 0.5) is 0 Å². The molecule has 1 rings (SSSR count). The Morgan fingerprint density at radius 2 is 2.19 bits per heavy atom. The Labute approximate surface area is 125 Å². The number of carbonyl (C=O) groups is 1. The highest BCUT2D eigenvalue weighted by Crippen LogP contribution is 2.13. The number of hydrogen-bond acceptors (Lipinski definition) is 4. The van der Waals surface area contributed by atoms with Gasteiger partial charge in [-0.25, -0.2) is 0 Å². The number of benzene rings is 1. The molecule has 0 saturated heterocycles. The summed E-state index contributed by atoms with van der Waals surface area (Å²) in [6, 6.07) is 7.40. The molecular weight excluding hydrogens is 270 g/mol. The van der Waals surface area contributed by atoms with E-state index in [1.165, 1.54) is 6.08 Å². The first kappa shape index (κ1) is 17.2. The molecule has 0 heterocycles. The van der Waals surface area contributed by atoms with Crippen LogP contribution >= 0.6 is 0 Å². The van der Waals surface area contributed by atoms with Gasteiger partial charge in [-0.2, -0.15) is 0 Å². The molecule has 5 nitrogen and oxygen atoms in total. The van der Waals surface area contributed by atoms with E-state index in [0.717, 1.165) is 11.3 Å². The Kier molecular flexibility index (Phi) is 6.91. The van der Waals surface area contributed by atoms with Gasteiger partial charge in [0.15, 0.2) is 0 Å². The maximum absolute atomic E-state index is 11.7. The minimum absolute atomic E-state index is 0.178. The molecule has 0 saturated carbocycles. The Hall–Kier alpha value is -1.85. The molecular formula is C16H23NO4. The predicted octanol–water partition coefficient (Wildman–Crippen LogP) is 1.61. The number of rotatable bonds is 8. The molecule has 0 aliphatic carbocycles. The first-order valence-electron chi connectivity index (χ1n) is 6.78. The summed E-state index contributed by atoms with van der Waals surface area (Å²) < 4.78 is 10.0. The van der Waals surface area contributed by atoms with E-state index in [1.807, 2.05) is 24.3 Å². The normalized spacial score (nSPS) is 13.9. The monoisotopic (exact) mass is 293 g/mol. The first-order valence-corrected chi connectivity index (χ1v) is 6.78. The van der Waals surface area contributed by atoms with Crippen molar-refractivity contribution in [2.24, 2.45) is 0 Å². The fourth-order valence-electron chi connectivity index (χ4n) is 1.66.